The molecule has 2 aromatic rings. The standard InChI is InChI=1S/C24H32N4O/c29-24(20-27-15-17-28(18-16-27)23-7-3-1-4-8-23)25-22-11-9-21(10-12-22)19-26-13-5-2-6-14-26/h1,3-4,7-12H,2,5-6,13-20H2,(H,25,29)/p+2. The highest BCUT2D eigenvalue weighted by Crippen LogP contribution is 2.12. The first-order chi connectivity index (χ1) is 14.3. The number of carbonyl (C=O) groups is 1. The van der Waals surface area contributed by atoms with Crippen molar-refractivity contribution in [3.63, 3.8) is 0 Å². The van der Waals surface area contributed by atoms with Crippen molar-refractivity contribution in [2.75, 3.05) is 56.0 Å². The molecule has 154 valence electrons. The summed E-state index contributed by atoms with van der Waals surface area (Å²) < 4.78 is 0. The van der Waals surface area contributed by atoms with E-state index in [9.17, 15) is 4.79 Å². The summed E-state index contributed by atoms with van der Waals surface area (Å²) in [6.07, 6.45) is 4.09. The number of carbonyl (C=O) groups excluding carboxylic acids is 1. The number of benzene rings is 2. The Bertz CT molecular complexity index is 763. The molecular formula is C24H34N4O+2. The largest absolute Gasteiger partial charge is 0.360 e. The van der Waals surface area contributed by atoms with E-state index in [1.54, 1.807) is 4.90 Å². The van der Waals surface area contributed by atoms with Crippen molar-refractivity contribution in [1.82, 2.24) is 0 Å². The molecule has 0 spiro atoms. The van der Waals surface area contributed by atoms with E-state index in [0.717, 1.165) is 38.4 Å². The Hall–Kier alpha value is -2.37. The van der Waals surface area contributed by atoms with Crippen LogP contribution in [0.2, 0.25) is 0 Å². The number of para-hydroxylation sites is 1. The first kappa shape index (κ1) is 19.9. The van der Waals surface area contributed by atoms with E-state index in [0.29, 0.717) is 6.54 Å². The van der Waals surface area contributed by atoms with Gasteiger partial charge in [-0.25, -0.2) is 0 Å². The monoisotopic (exact) mass is 394 g/mol. The van der Waals surface area contributed by atoms with Crippen LogP contribution in [-0.2, 0) is 11.3 Å². The number of nitrogens with one attached hydrogen (secondary N) is 3. The van der Waals surface area contributed by atoms with Gasteiger partial charge in [-0.3, -0.25) is 4.79 Å². The summed E-state index contributed by atoms with van der Waals surface area (Å²) >= 11 is 0. The van der Waals surface area contributed by atoms with Gasteiger partial charge in [0.2, 0.25) is 0 Å². The molecule has 0 unspecified atom stereocenters. The summed E-state index contributed by atoms with van der Waals surface area (Å²) in [7, 11) is 0. The summed E-state index contributed by atoms with van der Waals surface area (Å²) in [5.41, 5.74) is 3.56. The van der Waals surface area contributed by atoms with Gasteiger partial charge < -0.3 is 20.0 Å². The first-order valence-corrected chi connectivity index (χ1v) is 11.1. The van der Waals surface area contributed by atoms with Crippen LogP contribution in [0.5, 0.6) is 0 Å². The van der Waals surface area contributed by atoms with E-state index in [1.807, 2.05) is 0 Å². The van der Waals surface area contributed by atoms with Crippen LogP contribution in [0.4, 0.5) is 11.4 Å². The summed E-state index contributed by atoms with van der Waals surface area (Å²) in [5, 5.41) is 3.08. The minimum Gasteiger partial charge on any atom is -0.360 e. The summed E-state index contributed by atoms with van der Waals surface area (Å²) in [4.78, 5) is 17.9. The second-order valence-electron chi connectivity index (χ2n) is 8.48. The predicted molar refractivity (Wildman–Crippen MR) is 118 cm³/mol. The summed E-state index contributed by atoms with van der Waals surface area (Å²) in [6, 6.07) is 19.0. The lowest BCUT2D eigenvalue weighted by Crippen LogP contribution is -3.15. The molecule has 2 heterocycles. The van der Waals surface area contributed by atoms with Crippen molar-refractivity contribution >= 4 is 17.3 Å². The zero-order chi connectivity index (χ0) is 19.9. The Morgan fingerprint density at radius 3 is 2.21 bits per heavy atom. The highest BCUT2D eigenvalue weighted by atomic mass is 16.2. The predicted octanol–water partition coefficient (Wildman–Crippen LogP) is 0.599. The van der Waals surface area contributed by atoms with Crippen LogP contribution in [0.3, 0.4) is 0 Å². The molecule has 0 radical (unpaired) electrons. The molecule has 1 amide bonds. The zero-order valence-electron chi connectivity index (χ0n) is 17.3. The molecule has 2 fully saturated rings. The fraction of sp³-hybridized carbons (Fsp3) is 0.458. The fourth-order valence-corrected chi connectivity index (χ4v) is 4.55. The van der Waals surface area contributed by atoms with Crippen molar-refractivity contribution in [3.05, 3.63) is 60.2 Å². The average molecular weight is 395 g/mol. The van der Waals surface area contributed by atoms with Crippen LogP contribution in [0.15, 0.2) is 54.6 Å². The van der Waals surface area contributed by atoms with E-state index in [1.165, 1.54) is 48.5 Å². The van der Waals surface area contributed by atoms with Crippen LogP contribution < -0.4 is 20.0 Å². The van der Waals surface area contributed by atoms with Gasteiger partial charge in [-0.15, -0.1) is 0 Å². The van der Waals surface area contributed by atoms with Gasteiger partial charge >= 0.3 is 0 Å². The number of amides is 1. The number of rotatable bonds is 6. The maximum atomic E-state index is 12.5. The Balaban J connectivity index is 1.20. The number of hydrogen-bond acceptors (Lipinski definition) is 2. The SMILES string of the molecule is O=C(C[NH+]1CCN(c2ccccc2)CC1)Nc1ccc(C[NH+]2CCCCC2)cc1. The Labute approximate surface area is 174 Å². The quantitative estimate of drug-likeness (QED) is 0.672. The van der Waals surface area contributed by atoms with E-state index in [4.69, 9.17) is 0 Å². The van der Waals surface area contributed by atoms with E-state index < -0.39 is 0 Å². The third kappa shape index (κ3) is 5.81. The number of anilines is 2. The highest BCUT2D eigenvalue weighted by Gasteiger charge is 2.22. The minimum absolute atomic E-state index is 0.113. The molecule has 0 atom stereocenters. The van der Waals surface area contributed by atoms with Gasteiger partial charge in [-0.05, 0) is 43.5 Å². The highest BCUT2D eigenvalue weighted by molar-refractivity contribution is 5.91. The molecule has 2 saturated heterocycles. The molecule has 2 aliphatic heterocycles. The third-order valence-electron chi connectivity index (χ3n) is 6.25. The van der Waals surface area contributed by atoms with Gasteiger partial charge in [0, 0.05) is 16.9 Å². The number of likely N-dealkylation sites (tertiary alicyclic amines) is 1. The second kappa shape index (κ2) is 9.90. The topological polar surface area (TPSA) is 41.2 Å². The fourth-order valence-electron chi connectivity index (χ4n) is 4.55. The van der Waals surface area contributed by atoms with Crippen molar-refractivity contribution in [3.8, 4) is 0 Å². The number of nitrogens with zero attached hydrogens (tertiary/aromatic N) is 1. The molecule has 2 aliphatic rings. The van der Waals surface area contributed by atoms with Gasteiger partial charge in [0.05, 0.1) is 39.3 Å². The Kier molecular flexibility index (Phi) is 6.80. The van der Waals surface area contributed by atoms with Crippen LogP contribution >= 0.6 is 0 Å². The molecule has 5 heteroatoms. The van der Waals surface area contributed by atoms with Crippen molar-refractivity contribution in [1.29, 1.82) is 0 Å². The minimum atomic E-state index is 0.113. The molecule has 0 aromatic heterocycles. The number of quaternary nitrogens is 2. The molecule has 0 aliphatic carbocycles. The summed E-state index contributed by atoms with van der Waals surface area (Å²) in [6.45, 7) is 8.23. The molecule has 29 heavy (non-hydrogen) atoms. The van der Waals surface area contributed by atoms with E-state index >= 15 is 0 Å². The zero-order valence-corrected chi connectivity index (χ0v) is 17.3. The maximum Gasteiger partial charge on any atom is 0.279 e. The van der Waals surface area contributed by atoms with Crippen LogP contribution in [-0.4, -0.2) is 51.7 Å². The average Bonchev–Trinajstić information content (AvgIpc) is 2.77. The van der Waals surface area contributed by atoms with Crippen LogP contribution in [0, 0.1) is 0 Å². The Morgan fingerprint density at radius 2 is 1.52 bits per heavy atom. The van der Waals surface area contributed by atoms with Crippen LogP contribution in [0.25, 0.3) is 0 Å². The number of piperazine rings is 1. The van der Waals surface area contributed by atoms with Crippen molar-refractivity contribution in [2.24, 2.45) is 0 Å². The van der Waals surface area contributed by atoms with Gasteiger partial charge in [-0.2, -0.15) is 0 Å². The van der Waals surface area contributed by atoms with E-state index in [-0.39, 0.29) is 5.91 Å². The lowest BCUT2D eigenvalue weighted by molar-refractivity contribution is -0.918. The summed E-state index contributed by atoms with van der Waals surface area (Å²) in [5.74, 6) is 0.113. The third-order valence-corrected chi connectivity index (χ3v) is 6.25. The second-order valence-corrected chi connectivity index (χ2v) is 8.48. The molecule has 0 saturated carbocycles. The van der Waals surface area contributed by atoms with Gasteiger partial charge in [0.1, 0.15) is 6.54 Å². The lowest BCUT2D eigenvalue weighted by atomic mass is 10.1. The smallest absolute Gasteiger partial charge is 0.279 e. The van der Waals surface area contributed by atoms with Gasteiger partial charge in [0.25, 0.3) is 5.91 Å². The van der Waals surface area contributed by atoms with Gasteiger partial charge in [0.15, 0.2) is 6.54 Å². The van der Waals surface area contributed by atoms with Gasteiger partial charge in [-0.1, -0.05) is 30.3 Å². The molecule has 2 aromatic carbocycles. The molecular weight excluding hydrogens is 360 g/mol. The first-order valence-electron chi connectivity index (χ1n) is 11.1. The number of piperidine rings is 1. The molecule has 3 N–H and O–H groups in total. The van der Waals surface area contributed by atoms with Crippen molar-refractivity contribution in [2.45, 2.75) is 25.8 Å². The maximum absolute atomic E-state index is 12.5. The molecule has 5 nitrogen and oxygen atoms in total. The normalized spacial score (nSPS) is 18.6. The molecule has 0 bridgehead atoms. The molecule has 4 rings (SSSR count). The van der Waals surface area contributed by atoms with Crippen LogP contribution in [0.1, 0.15) is 24.8 Å². The number of hydrogen-bond donors (Lipinski definition) is 3. The lowest BCUT2D eigenvalue weighted by Gasteiger charge is -2.33. The van der Waals surface area contributed by atoms with E-state index in [2.05, 4.69) is 64.8 Å². The Morgan fingerprint density at radius 1 is 0.828 bits per heavy atom. The van der Waals surface area contributed by atoms with Crippen molar-refractivity contribution < 1.29 is 14.6 Å².